The summed E-state index contributed by atoms with van der Waals surface area (Å²) in [6.45, 7) is 2.20. The summed E-state index contributed by atoms with van der Waals surface area (Å²) in [6.07, 6.45) is 5.80. The van der Waals surface area contributed by atoms with Crippen LogP contribution in [-0.2, 0) is 0 Å². The van der Waals surface area contributed by atoms with E-state index >= 15 is 0 Å². The van der Waals surface area contributed by atoms with Crippen molar-refractivity contribution in [2.24, 2.45) is 0 Å². The highest BCUT2D eigenvalue weighted by atomic mass is 79.9. The molecule has 0 atom stereocenters. The molecule has 1 aliphatic heterocycles. The second-order valence-corrected chi connectivity index (χ2v) is 4.13. The molecule has 0 aromatic carbocycles. The van der Waals surface area contributed by atoms with Crippen molar-refractivity contribution in [2.45, 2.75) is 18.8 Å². The molecule has 0 spiro atoms. The number of aromatic nitrogens is 2. The number of halogens is 1. The minimum absolute atomic E-state index is 0.596. The van der Waals surface area contributed by atoms with E-state index < -0.39 is 0 Å². The fraction of sp³-hybridized carbons (Fsp3) is 0.556. The summed E-state index contributed by atoms with van der Waals surface area (Å²) in [5.74, 6) is 0.596. The molecular formula is C9H12BrN3. The highest BCUT2D eigenvalue weighted by Crippen LogP contribution is 2.28. The molecule has 3 nitrogen and oxygen atoms in total. The molecule has 1 aromatic rings. The summed E-state index contributed by atoms with van der Waals surface area (Å²) < 4.78 is 1.04. The maximum absolute atomic E-state index is 4.32. The minimum Gasteiger partial charge on any atom is -0.317 e. The highest BCUT2D eigenvalue weighted by molar-refractivity contribution is 9.10. The minimum atomic E-state index is 0.596. The molecule has 0 aliphatic carbocycles. The van der Waals surface area contributed by atoms with E-state index in [1.165, 1.54) is 12.8 Å². The number of rotatable bonds is 1. The van der Waals surface area contributed by atoms with Crippen LogP contribution in [0.3, 0.4) is 0 Å². The van der Waals surface area contributed by atoms with Crippen LogP contribution >= 0.6 is 15.9 Å². The van der Waals surface area contributed by atoms with Gasteiger partial charge in [-0.1, -0.05) is 0 Å². The number of nitrogens with one attached hydrogen (secondary N) is 1. The molecule has 1 N–H and O–H groups in total. The first-order valence-corrected chi connectivity index (χ1v) is 5.33. The van der Waals surface area contributed by atoms with Gasteiger partial charge in [0.1, 0.15) is 6.33 Å². The summed E-state index contributed by atoms with van der Waals surface area (Å²) in [5.41, 5.74) is 1.16. The van der Waals surface area contributed by atoms with Gasteiger partial charge in [0.2, 0.25) is 0 Å². The van der Waals surface area contributed by atoms with Crippen LogP contribution in [0.2, 0.25) is 0 Å². The van der Waals surface area contributed by atoms with E-state index in [0.29, 0.717) is 5.92 Å². The lowest BCUT2D eigenvalue weighted by Crippen LogP contribution is -2.27. The van der Waals surface area contributed by atoms with Crippen molar-refractivity contribution in [3.05, 3.63) is 22.7 Å². The Morgan fingerprint density at radius 1 is 1.38 bits per heavy atom. The van der Waals surface area contributed by atoms with Gasteiger partial charge in [0, 0.05) is 12.1 Å². The van der Waals surface area contributed by atoms with Gasteiger partial charge in [0.25, 0.3) is 0 Å². The summed E-state index contributed by atoms with van der Waals surface area (Å²) in [4.78, 5) is 8.28. The number of piperidine rings is 1. The van der Waals surface area contributed by atoms with Crippen LogP contribution in [0, 0.1) is 0 Å². The van der Waals surface area contributed by atoms with Crippen molar-refractivity contribution in [1.29, 1.82) is 0 Å². The molecule has 2 heterocycles. The molecule has 13 heavy (non-hydrogen) atoms. The lowest BCUT2D eigenvalue weighted by molar-refractivity contribution is 0.451. The first-order chi connectivity index (χ1) is 6.38. The normalized spacial score (nSPS) is 18.8. The van der Waals surface area contributed by atoms with E-state index in [9.17, 15) is 0 Å². The zero-order chi connectivity index (χ0) is 9.10. The largest absolute Gasteiger partial charge is 0.317 e. The summed E-state index contributed by atoms with van der Waals surface area (Å²) in [5, 5.41) is 3.35. The zero-order valence-corrected chi connectivity index (χ0v) is 8.92. The second kappa shape index (κ2) is 4.15. The van der Waals surface area contributed by atoms with Crippen LogP contribution in [0.15, 0.2) is 17.0 Å². The number of hydrogen-bond acceptors (Lipinski definition) is 3. The van der Waals surface area contributed by atoms with Gasteiger partial charge in [-0.05, 0) is 41.9 Å². The first-order valence-electron chi connectivity index (χ1n) is 4.54. The number of nitrogens with zero attached hydrogens (tertiary/aromatic N) is 2. The monoisotopic (exact) mass is 241 g/mol. The van der Waals surface area contributed by atoms with Gasteiger partial charge in [-0.15, -0.1) is 0 Å². The van der Waals surface area contributed by atoms with E-state index in [0.717, 1.165) is 23.3 Å². The van der Waals surface area contributed by atoms with Gasteiger partial charge in [-0.2, -0.15) is 0 Å². The third-order valence-electron chi connectivity index (χ3n) is 2.42. The van der Waals surface area contributed by atoms with Crippen LogP contribution in [0.25, 0.3) is 0 Å². The second-order valence-electron chi connectivity index (χ2n) is 3.28. The Bertz CT molecular complexity index is 284. The Balaban J connectivity index is 2.18. The van der Waals surface area contributed by atoms with Crippen molar-refractivity contribution >= 4 is 15.9 Å². The Labute approximate surface area is 86.1 Å². The topological polar surface area (TPSA) is 37.8 Å². The molecule has 0 saturated carbocycles. The Morgan fingerprint density at radius 3 is 2.85 bits per heavy atom. The van der Waals surface area contributed by atoms with E-state index in [-0.39, 0.29) is 0 Å². The molecule has 1 aliphatic rings. The van der Waals surface area contributed by atoms with E-state index in [1.54, 1.807) is 6.33 Å². The van der Waals surface area contributed by atoms with Crippen LogP contribution in [0.5, 0.6) is 0 Å². The third-order valence-corrected chi connectivity index (χ3v) is 3.03. The average Bonchev–Trinajstić information content (AvgIpc) is 2.20. The Hall–Kier alpha value is -0.480. The van der Waals surface area contributed by atoms with Crippen LogP contribution in [0.1, 0.15) is 24.5 Å². The van der Waals surface area contributed by atoms with Crippen molar-refractivity contribution < 1.29 is 0 Å². The molecule has 0 bridgehead atoms. The Morgan fingerprint density at radius 2 is 2.15 bits per heavy atom. The summed E-state index contributed by atoms with van der Waals surface area (Å²) in [6, 6.07) is 0. The van der Waals surface area contributed by atoms with Gasteiger partial charge in [-0.25, -0.2) is 9.97 Å². The first kappa shape index (κ1) is 9.09. The van der Waals surface area contributed by atoms with Crippen molar-refractivity contribution in [1.82, 2.24) is 15.3 Å². The van der Waals surface area contributed by atoms with Crippen molar-refractivity contribution in [3.8, 4) is 0 Å². The summed E-state index contributed by atoms with van der Waals surface area (Å²) >= 11 is 3.49. The molecule has 0 amide bonds. The predicted octanol–water partition coefficient (Wildman–Crippen LogP) is 1.71. The van der Waals surface area contributed by atoms with Crippen molar-refractivity contribution in [2.75, 3.05) is 13.1 Å². The molecule has 1 fully saturated rings. The zero-order valence-electron chi connectivity index (χ0n) is 7.33. The molecule has 0 radical (unpaired) electrons. The van der Waals surface area contributed by atoms with Crippen LogP contribution < -0.4 is 5.32 Å². The highest BCUT2D eigenvalue weighted by Gasteiger charge is 2.18. The summed E-state index contributed by atoms with van der Waals surface area (Å²) in [7, 11) is 0. The van der Waals surface area contributed by atoms with Gasteiger partial charge in [-0.3, -0.25) is 0 Å². The van der Waals surface area contributed by atoms with Crippen molar-refractivity contribution in [3.63, 3.8) is 0 Å². The quantitative estimate of drug-likeness (QED) is 0.814. The van der Waals surface area contributed by atoms with E-state index in [4.69, 9.17) is 0 Å². The third kappa shape index (κ3) is 2.06. The van der Waals surface area contributed by atoms with Gasteiger partial charge >= 0.3 is 0 Å². The molecule has 1 aromatic heterocycles. The van der Waals surface area contributed by atoms with Crippen LogP contribution in [0.4, 0.5) is 0 Å². The maximum Gasteiger partial charge on any atom is 0.115 e. The maximum atomic E-state index is 4.32. The van der Waals surface area contributed by atoms with Crippen LogP contribution in [-0.4, -0.2) is 23.1 Å². The SMILES string of the molecule is Brc1cncnc1C1CCNCC1. The molecule has 1 saturated heterocycles. The Kier molecular flexibility index (Phi) is 2.90. The molecule has 2 rings (SSSR count). The lowest BCUT2D eigenvalue weighted by atomic mass is 9.94. The smallest absolute Gasteiger partial charge is 0.115 e. The molecule has 70 valence electrons. The van der Waals surface area contributed by atoms with E-state index in [1.807, 2.05) is 6.20 Å². The van der Waals surface area contributed by atoms with Gasteiger partial charge < -0.3 is 5.32 Å². The average molecular weight is 242 g/mol. The molecule has 0 unspecified atom stereocenters. The molecular weight excluding hydrogens is 230 g/mol. The predicted molar refractivity (Wildman–Crippen MR) is 54.6 cm³/mol. The standard InChI is InChI=1S/C9H12BrN3/c10-8-5-12-6-13-9(8)7-1-3-11-4-2-7/h5-7,11H,1-4H2. The molecule has 4 heteroatoms. The fourth-order valence-corrected chi connectivity index (χ4v) is 2.26. The van der Waals surface area contributed by atoms with Gasteiger partial charge in [0.05, 0.1) is 10.2 Å². The van der Waals surface area contributed by atoms with Gasteiger partial charge in [0.15, 0.2) is 0 Å². The van der Waals surface area contributed by atoms with E-state index in [2.05, 4.69) is 31.2 Å². The lowest BCUT2D eigenvalue weighted by Gasteiger charge is -2.22. The number of hydrogen-bond donors (Lipinski definition) is 1. The fourth-order valence-electron chi connectivity index (χ4n) is 1.72.